The minimum atomic E-state index is -3.86. The topological polar surface area (TPSA) is 104 Å². The van der Waals surface area contributed by atoms with Crippen LogP contribution in [0.2, 0.25) is 0 Å². The first kappa shape index (κ1) is 17.0. The van der Waals surface area contributed by atoms with Crippen molar-refractivity contribution in [3.63, 3.8) is 0 Å². The number of amides is 3. The fourth-order valence-electron chi connectivity index (χ4n) is 1.49. The normalized spacial score (nSPS) is 10.8. The largest absolute Gasteiger partial charge is 0.356 e. The highest BCUT2D eigenvalue weighted by Crippen LogP contribution is 2.09. The monoisotopic (exact) mass is 313 g/mol. The van der Waals surface area contributed by atoms with Crippen LogP contribution < -0.4 is 15.4 Å². The maximum Gasteiger partial charge on any atom is 0.328 e. The van der Waals surface area contributed by atoms with E-state index in [1.807, 2.05) is 11.6 Å². The molecule has 3 amide bonds. The highest BCUT2D eigenvalue weighted by atomic mass is 32.2. The summed E-state index contributed by atoms with van der Waals surface area (Å²) in [6, 6.07) is 5.38. The minimum absolute atomic E-state index is 0.0292. The maximum atomic E-state index is 11.9. The fourth-order valence-corrected chi connectivity index (χ4v) is 2.42. The van der Waals surface area contributed by atoms with E-state index in [0.29, 0.717) is 13.0 Å². The molecule has 0 aliphatic carbocycles. The van der Waals surface area contributed by atoms with Crippen molar-refractivity contribution in [3.05, 3.63) is 29.8 Å². The SMILES string of the molecule is CC(=O)NCCCNC(=O)NS(=O)(=O)c1ccc(C)cc1. The average molecular weight is 313 g/mol. The number of carbonyl (C=O) groups excluding carboxylic acids is 2. The van der Waals surface area contributed by atoms with E-state index in [-0.39, 0.29) is 17.3 Å². The van der Waals surface area contributed by atoms with Gasteiger partial charge in [0.25, 0.3) is 10.0 Å². The number of urea groups is 1. The Hall–Kier alpha value is -2.09. The summed E-state index contributed by atoms with van der Waals surface area (Å²) in [7, 11) is -3.86. The molecule has 0 spiro atoms. The molecule has 1 rings (SSSR count). The fraction of sp³-hybridized carbons (Fsp3) is 0.385. The third-order valence-corrected chi connectivity index (χ3v) is 3.92. The Kier molecular flexibility index (Phi) is 6.16. The number of sulfonamides is 1. The van der Waals surface area contributed by atoms with Crippen LogP contribution in [0, 0.1) is 6.92 Å². The molecule has 0 unspecified atom stereocenters. The average Bonchev–Trinajstić information content (AvgIpc) is 2.37. The maximum absolute atomic E-state index is 11.9. The first-order valence-electron chi connectivity index (χ1n) is 6.43. The van der Waals surface area contributed by atoms with E-state index in [0.717, 1.165) is 5.56 Å². The standard InChI is InChI=1S/C13H19N3O4S/c1-10-4-6-12(7-5-10)21(19,20)16-13(18)15-9-3-8-14-11(2)17/h4-7H,3,8-9H2,1-2H3,(H,14,17)(H2,15,16,18). The molecule has 0 aliphatic heterocycles. The van der Waals surface area contributed by atoms with Crippen molar-refractivity contribution in [3.8, 4) is 0 Å². The summed E-state index contributed by atoms with van der Waals surface area (Å²) in [6.07, 6.45) is 0.511. The lowest BCUT2D eigenvalue weighted by atomic mass is 10.2. The smallest absolute Gasteiger partial charge is 0.328 e. The lowest BCUT2D eigenvalue weighted by Crippen LogP contribution is -2.40. The van der Waals surface area contributed by atoms with Gasteiger partial charge in [0.05, 0.1) is 4.90 Å². The lowest BCUT2D eigenvalue weighted by molar-refractivity contribution is -0.118. The van der Waals surface area contributed by atoms with Gasteiger partial charge in [-0.25, -0.2) is 17.9 Å². The number of carbonyl (C=O) groups is 2. The Morgan fingerprint density at radius 3 is 2.19 bits per heavy atom. The van der Waals surface area contributed by atoms with Crippen molar-refractivity contribution in [2.75, 3.05) is 13.1 Å². The summed E-state index contributed by atoms with van der Waals surface area (Å²) >= 11 is 0. The third kappa shape index (κ3) is 6.26. The summed E-state index contributed by atoms with van der Waals surface area (Å²) in [5, 5.41) is 4.98. The Labute approximate surface area is 124 Å². The van der Waals surface area contributed by atoms with Gasteiger partial charge in [-0.1, -0.05) is 17.7 Å². The number of benzene rings is 1. The van der Waals surface area contributed by atoms with E-state index in [1.54, 1.807) is 12.1 Å². The van der Waals surface area contributed by atoms with Crippen LogP contribution in [0.5, 0.6) is 0 Å². The molecule has 0 aromatic heterocycles. The predicted octanol–water partition coefficient (Wildman–Crippen LogP) is 0.509. The molecule has 0 radical (unpaired) electrons. The number of hydrogen-bond donors (Lipinski definition) is 3. The Morgan fingerprint density at radius 1 is 1.05 bits per heavy atom. The summed E-state index contributed by atoms with van der Waals surface area (Å²) < 4.78 is 25.7. The highest BCUT2D eigenvalue weighted by molar-refractivity contribution is 7.90. The molecular weight excluding hydrogens is 294 g/mol. The van der Waals surface area contributed by atoms with Crippen molar-refractivity contribution >= 4 is 22.0 Å². The van der Waals surface area contributed by atoms with E-state index >= 15 is 0 Å². The van der Waals surface area contributed by atoms with Crippen LogP contribution in [0.15, 0.2) is 29.2 Å². The number of hydrogen-bond acceptors (Lipinski definition) is 4. The van der Waals surface area contributed by atoms with Gasteiger partial charge in [0.2, 0.25) is 5.91 Å². The van der Waals surface area contributed by atoms with Crippen LogP contribution in [-0.2, 0) is 14.8 Å². The Balaban J connectivity index is 2.43. The van der Waals surface area contributed by atoms with E-state index in [1.165, 1.54) is 19.1 Å². The van der Waals surface area contributed by atoms with Gasteiger partial charge in [-0.05, 0) is 25.5 Å². The van der Waals surface area contributed by atoms with Crippen LogP contribution in [0.4, 0.5) is 4.79 Å². The van der Waals surface area contributed by atoms with Crippen LogP contribution in [0.1, 0.15) is 18.9 Å². The van der Waals surface area contributed by atoms with Crippen LogP contribution >= 0.6 is 0 Å². The van der Waals surface area contributed by atoms with Crippen LogP contribution in [0.25, 0.3) is 0 Å². The second kappa shape index (κ2) is 7.63. The predicted molar refractivity (Wildman–Crippen MR) is 78.2 cm³/mol. The molecule has 1 aromatic rings. The molecule has 21 heavy (non-hydrogen) atoms. The molecule has 0 saturated carbocycles. The molecule has 7 nitrogen and oxygen atoms in total. The van der Waals surface area contributed by atoms with Crippen molar-refractivity contribution in [2.24, 2.45) is 0 Å². The van der Waals surface area contributed by atoms with Gasteiger partial charge in [-0.3, -0.25) is 4.79 Å². The van der Waals surface area contributed by atoms with Gasteiger partial charge >= 0.3 is 6.03 Å². The van der Waals surface area contributed by atoms with Gasteiger partial charge in [0.15, 0.2) is 0 Å². The highest BCUT2D eigenvalue weighted by Gasteiger charge is 2.16. The zero-order valence-electron chi connectivity index (χ0n) is 12.0. The molecule has 3 N–H and O–H groups in total. The molecule has 0 aliphatic rings. The summed E-state index contributed by atoms with van der Waals surface area (Å²) in [4.78, 5) is 22.2. The van der Waals surface area contributed by atoms with Crippen molar-refractivity contribution in [2.45, 2.75) is 25.2 Å². The molecule has 8 heteroatoms. The van der Waals surface area contributed by atoms with Crippen molar-refractivity contribution in [1.29, 1.82) is 0 Å². The summed E-state index contributed by atoms with van der Waals surface area (Å²) in [5.74, 6) is -0.151. The quantitative estimate of drug-likeness (QED) is 0.665. The molecule has 0 atom stereocenters. The second-order valence-corrected chi connectivity index (χ2v) is 6.19. The van der Waals surface area contributed by atoms with Crippen molar-refractivity contribution < 1.29 is 18.0 Å². The molecule has 0 heterocycles. The van der Waals surface area contributed by atoms with Gasteiger partial charge < -0.3 is 10.6 Å². The summed E-state index contributed by atoms with van der Waals surface area (Å²) in [5.41, 5.74) is 0.927. The minimum Gasteiger partial charge on any atom is -0.356 e. The first-order chi connectivity index (χ1) is 9.81. The number of aryl methyl sites for hydroxylation is 1. The molecular formula is C13H19N3O4S. The third-order valence-electron chi connectivity index (χ3n) is 2.57. The van der Waals surface area contributed by atoms with E-state index in [9.17, 15) is 18.0 Å². The van der Waals surface area contributed by atoms with E-state index in [2.05, 4.69) is 10.6 Å². The Bertz CT molecular complexity index is 596. The first-order valence-corrected chi connectivity index (χ1v) is 7.91. The number of nitrogens with one attached hydrogen (secondary N) is 3. The van der Waals surface area contributed by atoms with Gasteiger partial charge in [0.1, 0.15) is 0 Å². The second-order valence-electron chi connectivity index (χ2n) is 4.51. The van der Waals surface area contributed by atoms with Crippen LogP contribution in [-0.4, -0.2) is 33.4 Å². The zero-order valence-corrected chi connectivity index (χ0v) is 12.8. The zero-order chi connectivity index (χ0) is 15.9. The van der Waals surface area contributed by atoms with Gasteiger partial charge in [0, 0.05) is 20.0 Å². The summed E-state index contributed by atoms with van der Waals surface area (Å²) in [6.45, 7) is 3.91. The van der Waals surface area contributed by atoms with Gasteiger partial charge in [-0.2, -0.15) is 0 Å². The molecule has 116 valence electrons. The van der Waals surface area contributed by atoms with E-state index in [4.69, 9.17) is 0 Å². The van der Waals surface area contributed by atoms with E-state index < -0.39 is 16.1 Å². The van der Waals surface area contributed by atoms with Crippen molar-refractivity contribution in [1.82, 2.24) is 15.4 Å². The molecule has 0 fully saturated rings. The molecule has 1 aromatic carbocycles. The lowest BCUT2D eigenvalue weighted by Gasteiger charge is -2.09. The molecule has 0 bridgehead atoms. The van der Waals surface area contributed by atoms with Crippen LogP contribution in [0.3, 0.4) is 0 Å². The molecule has 0 saturated heterocycles. The number of rotatable bonds is 6. The van der Waals surface area contributed by atoms with Gasteiger partial charge in [-0.15, -0.1) is 0 Å². The Morgan fingerprint density at radius 2 is 1.62 bits per heavy atom.